The lowest BCUT2D eigenvalue weighted by atomic mass is 10.0. The predicted octanol–water partition coefficient (Wildman–Crippen LogP) is 3.32. The number of carbonyl (C=O) groups excluding carboxylic acids is 1. The van der Waals surface area contributed by atoms with Crippen LogP contribution in [-0.2, 0) is 6.54 Å². The van der Waals surface area contributed by atoms with Crippen LogP contribution < -0.4 is 15.4 Å². The average molecular weight is 363 g/mol. The van der Waals surface area contributed by atoms with E-state index in [2.05, 4.69) is 27.4 Å². The normalized spacial score (nSPS) is 17.9. The number of rotatable bonds is 9. The second kappa shape index (κ2) is 11.0. The largest absolute Gasteiger partial charge is 0.475 e. The fourth-order valence-electron chi connectivity index (χ4n) is 3.26. The monoisotopic (exact) mass is 362 g/mol. The third-order valence-corrected chi connectivity index (χ3v) is 4.73. The van der Waals surface area contributed by atoms with Crippen LogP contribution in [0.4, 0.5) is 4.79 Å². The maximum absolute atomic E-state index is 12.0. The number of pyridine rings is 1. The summed E-state index contributed by atoms with van der Waals surface area (Å²) in [4.78, 5) is 18.8. The van der Waals surface area contributed by atoms with E-state index in [-0.39, 0.29) is 12.1 Å². The van der Waals surface area contributed by atoms with Gasteiger partial charge in [-0.05, 0) is 65.6 Å². The summed E-state index contributed by atoms with van der Waals surface area (Å²) in [6.07, 6.45) is 7.88. The van der Waals surface area contributed by atoms with Crippen molar-refractivity contribution in [1.82, 2.24) is 20.5 Å². The van der Waals surface area contributed by atoms with E-state index in [0.29, 0.717) is 25.0 Å². The first kappa shape index (κ1) is 20.5. The maximum atomic E-state index is 12.0. The zero-order chi connectivity index (χ0) is 18.8. The fraction of sp³-hybridized carbons (Fsp3) is 0.700. The number of piperidine rings is 1. The highest BCUT2D eigenvalue weighted by Crippen LogP contribution is 2.17. The van der Waals surface area contributed by atoms with Gasteiger partial charge < -0.3 is 20.3 Å². The Kier molecular flexibility index (Phi) is 8.68. The Morgan fingerprint density at radius 2 is 2.19 bits per heavy atom. The molecule has 0 radical (unpaired) electrons. The summed E-state index contributed by atoms with van der Waals surface area (Å²) in [5.74, 6) is 0.582. The van der Waals surface area contributed by atoms with Gasteiger partial charge in [-0.25, -0.2) is 9.78 Å². The van der Waals surface area contributed by atoms with E-state index in [0.717, 1.165) is 24.9 Å². The topological polar surface area (TPSA) is 66.5 Å². The Labute approximate surface area is 157 Å². The van der Waals surface area contributed by atoms with Crippen LogP contribution in [0.5, 0.6) is 5.88 Å². The molecule has 1 aliphatic rings. The summed E-state index contributed by atoms with van der Waals surface area (Å²) in [5.41, 5.74) is 0.885. The minimum Gasteiger partial charge on any atom is -0.475 e. The number of aromatic nitrogens is 1. The van der Waals surface area contributed by atoms with Gasteiger partial charge in [-0.3, -0.25) is 0 Å². The zero-order valence-electron chi connectivity index (χ0n) is 16.5. The zero-order valence-corrected chi connectivity index (χ0v) is 16.5. The number of urea groups is 1. The number of unbranched alkanes of at least 4 members (excludes halogenated alkanes) is 1. The average Bonchev–Trinajstić information content (AvgIpc) is 2.61. The van der Waals surface area contributed by atoms with E-state index in [9.17, 15) is 4.79 Å². The van der Waals surface area contributed by atoms with E-state index in [4.69, 9.17) is 4.74 Å². The highest BCUT2D eigenvalue weighted by Gasteiger charge is 2.17. The van der Waals surface area contributed by atoms with E-state index in [1.165, 1.54) is 25.8 Å². The lowest BCUT2D eigenvalue weighted by Crippen LogP contribution is -2.38. The molecule has 2 rings (SSSR count). The molecule has 1 unspecified atom stereocenters. The molecule has 0 spiro atoms. The first-order chi connectivity index (χ1) is 12.6. The van der Waals surface area contributed by atoms with Crippen LogP contribution in [0, 0.1) is 0 Å². The molecule has 6 heteroatoms. The highest BCUT2D eigenvalue weighted by molar-refractivity contribution is 5.73. The quantitative estimate of drug-likeness (QED) is 0.661. The van der Waals surface area contributed by atoms with Crippen molar-refractivity contribution >= 4 is 6.03 Å². The summed E-state index contributed by atoms with van der Waals surface area (Å²) in [6.45, 7) is 9.72. The predicted molar refractivity (Wildman–Crippen MR) is 104 cm³/mol. The second-order valence-electron chi connectivity index (χ2n) is 7.33. The number of nitrogens with zero attached hydrogens (tertiary/aromatic N) is 2. The standard InChI is InChI=1S/C20H34N4O2/c1-16(2)26-19-18(10-8-12-21-19)15-23-20(25)22-11-5-7-14-24-13-6-4-9-17(24)3/h8,10,12,16-17H,4-7,9,11,13-15H2,1-3H3,(H2,22,23,25). The fourth-order valence-corrected chi connectivity index (χ4v) is 3.26. The molecule has 1 aromatic rings. The lowest BCUT2D eigenvalue weighted by molar-refractivity contribution is 0.158. The van der Waals surface area contributed by atoms with Crippen molar-refractivity contribution in [3.05, 3.63) is 23.9 Å². The third-order valence-electron chi connectivity index (χ3n) is 4.73. The summed E-state index contributed by atoms with van der Waals surface area (Å²) in [7, 11) is 0. The second-order valence-corrected chi connectivity index (χ2v) is 7.33. The Morgan fingerprint density at radius 1 is 1.35 bits per heavy atom. The molecule has 1 atom stereocenters. The minimum absolute atomic E-state index is 0.0556. The molecular formula is C20H34N4O2. The van der Waals surface area contributed by atoms with Crippen LogP contribution in [0.1, 0.15) is 58.4 Å². The Bertz CT molecular complexity index is 550. The molecular weight excluding hydrogens is 328 g/mol. The molecule has 0 bridgehead atoms. The van der Waals surface area contributed by atoms with Gasteiger partial charge in [0.1, 0.15) is 0 Å². The number of hydrogen-bond donors (Lipinski definition) is 2. The number of likely N-dealkylation sites (tertiary alicyclic amines) is 1. The van der Waals surface area contributed by atoms with Gasteiger partial charge in [-0.15, -0.1) is 0 Å². The van der Waals surface area contributed by atoms with Crippen molar-refractivity contribution in [1.29, 1.82) is 0 Å². The molecule has 26 heavy (non-hydrogen) atoms. The van der Waals surface area contributed by atoms with Gasteiger partial charge in [0.2, 0.25) is 5.88 Å². The number of amides is 2. The third kappa shape index (κ3) is 7.20. The summed E-state index contributed by atoms with van der Waals surface area (Å²) in [5, 5.41) is 5.81. The van der Waals surface area contributed by atoms with Crippen molar-refractivity contribution in [2.45, 2.75) is 71.6 Å². The smallest absolute Gasteiger partial charge is 0.315 e. The Hall–Kier alpha value is -1.82. The summed E-state index contributed by atoms with van der Waals surface area (Å²) in [6, 6.07) is 4.34. The van der Waals surface area contributed by atoms with Gasteiger partial charge >= 0.3 is 6.03 Å². The van der Waals surface area contributed by atoms with Crippen molar-refractivity contribution in [2.24, 2.45) is 0 Å². The molecule has 2 N–H and O–H groups in total. The van der Waals surface area contributed by atoms with Crippen LogP contribution in [0.2, 0.25) is 0 Å². The first-order valence-electron chi connectivity index (χ1n) is 9.92. The molecule has 1 aromatic heterocycles. The van der Waals surface area contributed by atoms with Gasteiger partial charge in [-0.1, -0.05) is 12.5 Å². The number of carbonyl (C=O) groups is 1. The molecule has 0 aromatic carbocycles. The van der Waals surface area contributed by atoms with Gasteiger partial charge in [0, 0.05) is 30.9 Å². The van der Waals surface area contributed by atoms with E-state index >= 15 is 0 Å². The van der Waals surface area contributed by atoms with Crippen LogP contribution in [0.15, 0.2) is 18.3 Å². The highest BCUT2D eigenvalue weighted by atomic mass is 16.5. The molecule has 2 amide bonds. The number of hydrogen-bond acceptors (Lipinski definition) is 4. The molecule has 1 fully saturated rings. The van der Waals surface area contributed by atoms with Crippen molar-refractivity contribution in [3.63, 3.8) is 0 Å². The Balaban J connectivity index is 1.60. The van der Waals surface area contributed by atoms with Crippen LogP contribution in [0.3, 0.4) is 0 Å². The molecule has 0 aliphatic carbocycles. The first-order valence-corrected chi connectivity index (χ1v) is 9.92. The molecule has 1 aliphatic heterocycles. The molecule has 146 valence electrons. The van der Waals surface area contributed by atoms with E-state index in [1.807, 2.05) is 26.0 Å². The lowest BCUT2D eigenvalue weighted by Gasteiger charge is -2.33. The van der Waals surface area contributed by atoms with Crippen molar-refractivity contribution < 1.29 is 9.53 Å². The van der Waals surface area contributed by atoms with Gasteiger partial charge in [0.05, 0.1) is 6.10 Å². The van der Waals surface area contributed by atoms with Gasteiger partial charge in [0.25, 0.3) is 0 Å². The summed E-state index contributed by atoms with van der Waals surface area (Å²) < 4.78 is 5.67. The molecule has 0 saturated carbocycles. The number of nitrogens with one attached hydrogen (secondary N) is 2. The van der Waals surface area contributed by atoms with Crippen LogP contribution in [0.25, 0.3) is 0 Å². The van der Waals surface area contributed by atoms with Crippen LogP contribution >= 0.6 is 0 Å². The number of ether oxygens (including phenoxy) is 1. The maximum Gasteiger partial charge on any atom is 0.315 e. The molecule has 6 nitrogen and oxygen atoms in total. The Morgan fingerprint density at radius 3 is 2.96 bits per heavy atom. The van der Waals surface area contributed by atoms with Crippen molar-refractivity contribution in [2.75, 3.05) is 19.6 Å². The van der Waals surface area contributed by atoms with Gasteiger partial charge in [0.15, 0.2) is 0 Å². The van der Waals surface area contributed by atoms with Crippen molar-refractivity contribution in [3.8, 4) is 5.88 Å². The molecule has 1 saturated heterocycles. The molecule has 2 heterocycles. The summed E-state index contributed by atoms with van der Waals surface area (Å²) >= 11 is 0. The van der Waals surface area contributed by atoms with E-state index in [1.54, 1.807) is 6.20 Å². The minimum atomic E-state index is -0.143. The van der Waals surface area contributed by atoms with Gasteiger partial charge in [-0.2, -0.15) is 0 Å². The van der Waals surface area contributed by atoms with E-state index < -0.39 is 0 Å². The van der Waals surface area contributed by atoms with Crippen LogP contribution in [-0.4, -0.2) is 47.7 Å². The SMILES string of the molecule is CC(C)Oc1ncccc1CNC(=O)NCCCCN1CCCCC1C.